The molecule has 4 heteroatoms. The van der Waals surface area contributed by atoms with Gasteiger partial charge in [0.1, 0.15) is 0 Å². The lowest BCUT2D eigenvalue weighted by Crippen LogP contribution is -2.43. The minimum Gasteiger partial charge on any atom is -0.361 e. The summed E-state index contributed by atoms with van der Waals surface area (Å²) in [6.45, 7) is 6.52. The van der Waals surface area contributed by atoms with Gasteiger partial charge in [0.15, 0.2) is 0 Å². The molecular weight excluding hydrogens is 274 g/mol. The molecule has 0 bridgehead atoms. The number of carbonyl (C=O) groups excluding carboxylic acids is 1. The Hall–Kier alpha value is -1.81. The van der Waals surface area contributed by atoms with Crippen molar-refractivity contribution in [3.63, 3.8) is 0 Å². The number of hydrogen-bond donors (Lipinski definition) is 2. The van der Waals surface area contributed by atoms with E-state index >= 15 is 0 Å². The van der Waals surface area contributed by atoms with Crippen LogP contribution in [0.1, 0.15) is 38.2 Å². The van der Waals surface area contributed by atoms with Gasteiger partial charge in [0.05, 0.1) is 6.54 Å². The van der Waals surface area contributed by atoms with Gasteiger partial charge in [-0.1, -0.05) is 18.2 Å². The topological polar surface area (TPSA) is 48.1 Å². The predicted octanol–water partition coefficient (Wildman–Crippen LogP) is 2.87. The van der Waals surface area contributed by atoms with Gasteiger partial charge in [-0.05, 0) is 57.3 Å². The molecule has 2 N–H and O–H groups in total. The summed E-state index contributed by atoms with van der Waals surface area (Å²) in [7, 11) is 0. The van der Waals surface area contributed by atoms with Gasteiger partial charge < -0.3 is 10.3 Å². The first kappa shape index (κ1) is 15.1. The van der Waals surface area contributed by atoms with Crippen LogP contribution in [0.15, 0.2) is 30.5 Å². The lowest BCUT2D eigenvalue weighted by atomic mass is 9.89. The van der Waals surface area contributed by atoms with Crippen LogP contribution in [0.25, 0.3) is 10.9 Å². The van der Waals surface area contributed by atoms with E-state index in [2.05, 4.69) is 45.7 Å². The summed E-state index contributed by atoms with van der Waals surface area (Å²) in [5.74, 6) is 0.737. The van der Waals surface area contributed by atoms with Crippen molar-refractivity contribution < 1.29 is 4.79 Å². The molecule has 1 aliphatic rings. The normalized spacial score (nSPS) is 17.2. The van der Waals surface area contributed by atoms with Gasteiger partial charge in [0.2, 0.25) is 5.91 Å². The van der Waals surface area contributed by atoms with Gasteiger partial charge in [-0.25, -0.2) is 0 Å². The van der Waals surface area contributed by atoms with Gasteiger partial charge in [-0.3, -0.25) is 9.69 Å². The molecule has 2 heterocycles. The average molecular weight is 299 g/mol. The van der Waals surface area contributed by atoms with Crippen molar-refractivity contribution >= 4 is 16.8 Å². The standard InChI is InChI=1S/C18H25N3O/c1-13(2)20-18(22)12-21-9-7-14(8-10-21)16-11-19-17-6-4-3-5-15(16)17/h3-6,11,13-14,19H,7-10,12H2,1-2H3,(H,20,22). The Morgan fingerprint density at radius 2 is 2.05 bits per heavy atom. The summed E-state index contributed by atoms with van der Waals surface area (Å²) in [5.41, 5.74) is 2.65. The zero-order chi connectivity index (χ0) is 15.5. The summed E-state index contributed by atoms with van der Waals surface area (Å²) in [6, 6.07) is 8.72. The Morgan fingerprint density at radius 1 is 1.32 bits per heavy atom. The van der Waals surface area contributed by atoms with E-state index < -0.39 is 0 Å². The number of aromatic amines is 1. The van der Waals surface area contributed by atoms with Crippen LogP contribution in [0.3, 0.4) is 0 Å². The van der Waals surface area contributed by atoms with Crippen LogP contribution in [0.4, 0.5) is 0 Å². The number of fused-ring (bicyclic) bond motifs is 1. The Labute approximate surface area is 131 Å². The van der Waals surface area contributed by atoms with Gasteiger partial charge in [-0.2, -0.15) is 0 Å². The lowest BCUT2D eigenvalue weighted by molar-refractivity contribution is -0.123. The second-order valence-electron chi connectivity index (χ2n) is 6.56. The second kappa shape index (κ2) is 6.53. The zero-order valence-corrected chi connectivity index (χ0v) is 13.4. The number of rotatable bonds is 4. The summed E-state index contributed by atoms with van der Waals surface area (Å²) < 4.78 is 0. The number of nitrogens with zero attached hydrogens (tertiary/aromatic N) is 1. The molecule has 1 fully saturated rings. The van der Waals surface area contributed by atoms with Crippen molar-refractivity contribution in [2.45, 2.75) is 38.6 Å². The monoisotopic (exact) mass is 299 g/mol. The minimum absolute atomic E-state index is 0.139. The molecule has 2 aromatic rings. The maximum absolute atomic E-state index is 11.8. The molecule has 0 spiro atoms. The van der Waals surface area contributed by atoms with Gasteiger partial charge >= 0.3 is 0 Å². The van der Waals surface area contributed by atoms with Crippen LogP contribution in [0.2, 0.25) is 0 Å². The molecule has 1 aromatic heterocycles. The molecule has 1 saturated heterocycles. The van der Waals surface area contributed by atoms with Gasteiger partial charge in [0, 0.05) is 23.1 Å². The molecular formula is C18H25N3O. The number of para-hydroxylation sites is 1. The van der Waals surface area contributed by atoms with Crippen LogP contribution in [0, 0.1) is 0 Å². The minimum atomic E-state index is 0.139. The van der Waals surface area contributed by atoms with E-state index in [1.807, 2.05) is 13.8 Å². The molecule has 0 radical (unpaired) electrons. The van der Waals surface area contributed by atoms with Crippen LogP contribution < -0.4 is 5.32 Å². The van der Waals surface area contributed by atoms with Crippen LogP contribution in [-0.4, -0.2) is 41.5 Å². The summed E-state index contributed by atoms with van der Waals surface area (Å²) in [5, 5.41) is 4.31. The molecule has 0 aliphatic carbocycles. The summed E-state index contributed by atoms with van der Waals surface area (Å²) in [6.07, 6.45) is 4.41. The van der Waals surface area contributed by atoms with Crippen molar-refractivity contribution in [3.05, 3.63) is 36.0 Å². The van der Waals surface area contributed by atoms with Gasteiger partial charge in [0.25, 0.3) is 0 Å². The van der Waals surface area contributed by atoms with Crippen LogP contribution in [-0.2, 0) is 4.79 Å². The van der Waals surface area contributed by atoms with Crippen molar-refractivity contribution in [2.24, 2.45) is 0 Å². The number of hydrogen-bond acceptors (Lipinski definition) is 2. The fourth-order valence-electron chi connectivity index (χ4n) is 3.40. The molecule has 0 unspecified atom stereocenters. The van der Waals surface area contributed by atoms with E-state index in [1.54, 1.807) is 0 Å². The van der Waals surface area contributed by atoms with Crippen molar-refractivity contribution in [1.82, 2.24) is 15.2 Å². The Kier molecular flexibility index (Phi) is 4.48. The molecule has 118 valence electrons. The highest BCUT2D eigenvalue weighted by Crippen LogP contribution is 2.32. The molecule has 4 nitrogen and oxygen atoms in total. The van der Waals surface area contributed by atoms with E-state index in [0.717, 1.165) is 25.9 Å². The molecule has 1 amide bonds. The number of carbonyl (C=O) groups is 1. The highest BCUT2D eigenvalue weighted by molar-refractivity contribution is 5.83. The van der Waals surface area contributed by atoms with Crippen LogP contribution >= 0.6 is 0 Å². The molecule has 1 aliphatic heterocycles. The fourth-order valence-corrected chi connectivity index (χ4v) is 3.40. The van der Waals surface area contributed by atoms with Crippen molar-refractivity contribution in [2.75, 3.05) is 19.6 Å². The third-order valence-electron chi connectivity index (χ3n) is 4.47. The zero-order valence-electron chi connectivity index (χ0n) is 13.4. The van der Waals surface area contributed by atoms with E-state index in [9.17, 15) is 4.79 Å². The maximum Gasteiger partial charge on any atom is 0.234 e. The first-order valence-electron chi connectivity index (χ1n) is 8.21. The van der Waals surface area contributed by atoms with E-state index in [1.165, 1.54) is 16.5 Å². The first-order valence-corrected chi connectivity index (χ1v) is 8.21. The fraction of sp³-hybridized carbons (Fsp3) is 0.500. The maximum atomic E-state index is 11.8. The first-order chi connectivity index (χ1) is 10.6. The number of piperidine rings is 1. The number of benzene rings is 1. The predicted molar refractivity (Wildman–Crippen MR) is 90.0 cm³/mol. The van der Waals surface area contributed by atoms with Crippen LogP contribution in [0.5, 0.6) is 0 Å². The highest BCUT2D eigenvalue weighted by Gasteiger charge is 2.23. The highest BCUT2D eigenvalue weighted by atomic mass is 16.2. The third kappa shape index (κ3) is 3.33. The van der Waals surface area contributed by atoms with E-state index in [-0.39, 0.29) is 11.9 Å². The lowest BCUT2D eigenvalue weighted by Gasteiger charge is -2.31. The van der Waals surface area contributed by atoms with E-state index in [4.69, 9.17) is 0 Å². The Balaban J connectivity index is 1.59. The molecule has 22 heavy (non-hydrogen) atoms. The van der Waals surface area contributed by atoms with E-state index in [0.29, 0.717) is 12.5 Å². The summed E-state index contributed by atoms with van der Waals surface area (Å²) in [4.78, 5) is 17.5. The Morgan fingerprint density at radius 3 is 2.77 bits per heavy atom. The summed E-state index contributed by atoms with van der Waals surface area (Å²) >= 11 is 0. The molecule has 3 rings (SSSR count). The van der Waals surface area contributed by atoms with Gasteiger partial charge in [-0.15, -0.1) is 0 Å². The van der Waals surface area contributed by atoms with Crippen molar-refractivity contribution in [1.29, 1.82) is 0 Å². The van der Waals surface area contributed by atoms with Crippen molar-refractivity contribution in [3.8, 4) is 0 Å². The number of aromatic nitrogens is 1. The quantitative estimate of drug-likeness (QED) is 0.912. The second-order valence-corrected chi connectivity index (χ2v) is 6.56. The third-order valence-corrected chi connectivity index (χ3v) is 4.47. The number of nitrogens with one attached hydrogen (secondary N) is 2. The number of H-pyrrole nitrogens is 1. The SMILES string of the molecule is CC(C)NC(=O)CN1CCC(c2c[nH]c3ccccc23)CC1. The molecule has 1 aromatic carbocycles. The number of amides is 1. The molecule has 0 atom stereocenters. The smallest absolute Gasteiger partial charge is 0.234 e. The largest absolute Gasteiger partial charge is 0.361 e. The average Bonchev–Trinajstić information content (AvgIpc) is 2.91. The number of likely N-dealkylation sites (tertiary alicyclic amines) is 1. The Bertz CT molecular complexity index is 639. The molecule has 0 saturated carbocycles.